The van der Waals surface area contributed by atoms with Gasteiger partial charge in [0.1, 0.15) is 0 Å². The van der Waals surface area contributed by atoms with Gasteiger partial charge in [0.2, 0.25) is 0 Å². The summed E-state index contributed by atoms with van der Waals surface area (Å²) >= 11 is 1.32. The summed E-state index contributed by atoms with van der Waals surface area (Å²) in [5.41, 5.74) is 1.30. The molecule has 0 bridgehead atoms. The van der Waals surface area contributed by atoms with Crippen molar-refractivity contribution in [3.63, 3.8) is 0 Å². The lowest BCUT2D eigenvalue weighted by Gasteiger charge is -2.12. The van der Waals surface area contributed by atoms with E-state index in [0.29, 0.717) is 28.2 Å². The van der Waals surface area contributed by atoms with Gasteiger partial charge in [0.25, 0.3) is 5.56 Å². The van der Waals surface area contributed by atoms with E-state index in [9.17, 15) is 9.59 Å². The molecule has 0 saturated carbocycles. The van der Waals surface area contributed by atoms with Crippen LogP contribution in [0.2, 0.25) is 0 Å². The van der Waals surface area contributed by atoms with E-state index in [1.807, 2.05) is 43.3 Å². The van der Waals surface area contributed by atoms with E-state index in [-0.39, 0.29) is 17.1 Å². The second-order valence-electron chi connectivity index (χ2n) is 5.45. The average molecular weight is 338 g/mol. The molecule has 4 nitrogen and oxygen atoms in total. The summed E-state index contributed by atoms with van der Waals surface area (Å²) in [5, 5.41) is 1.22. The fourth-order valence-corrected chi connectivity index (χ4v) is 3.44. The van der Waals surface area contributed by atoms with Crippen molar-refractivity contribution in [1.82, 2.24) is 9.55 Å². The van der Waals surface area contributed by atoms with Crippen molar-refractivity contribution >= 4 is 28.4 Å². The molecule has 0 N–H and O–H groups in total. The number of aromatic nitrogens is 2. The highest BCUT2D eigenvalue weighted by molar-refractivity contribution is 7.99. The Kier molecular flexibility index (Phi) is 5.11. The predicted molar refractivity (Wildman–Crippen MR) is 97.8 cm³/mol. The second kappa shape index (κ2) is 7.45. The van der Waals surface area contributed by atoms with Gasteiger partial charge in [-0.15, -0.1) is 0 Å². The molecule has 1 aromatic heterocycles. The Morgan fingerprint density at radius 2 is 1.79 bits per heavy atom. The van der Waals surface area contributed by atoms with Gasteiger partial charge in [0.05, 0.1) is 16.7 Å². The molecule has 1 heterocycles. The molecule has 0 atom stereocenters. The molecule has 0 amide bonds. The zero-order chi connectivity index (χ0) is 16.9. The highest BCUT2D eigenvalue weighted by atomic mass is 32.2. The zero-order valence-corrected chi connectivity index (χ0v) is 14.3. The van der Waals surface area contributed by atoms with E-state index >= 15 is 0 Å². The van der Waals surface area contributed by atoms with Gasteiger partial charge in [0.15, 0.2) is 10.9 Å². The van der Waals surface area contributed by atoms with Gasteiger partial charge in [-0.3, -0.25) is 14.2 Å². The monoisotopic (exact) mass is 338 g/mol. The molecule has 24 heavy (non-hydrogen) atoms. The number of nitrogens with zero attached hydrogens (tertiary/aromatic N) is 2. The number of fused-ring (bicyclic) bond motifs is 1. The molecule has 0 saturated heterocycles. The number of ketones is 1. The Bertz CT molecular complexity index is 920. The fourth-order valence-electron chi connectivity index (χ4n) is 2.52. The van der Waals surface area contributed by atoms with Crippen LogP contribution in [0, 0.1) is 0 Å². The fraction of sp³-hybridized carbons (Fsp3) is 0.211. The Labute approximate surface area is 144 Å². The highest BCUT2D eigenvalue weighted by Crippen LogP contribution is 2.19. The van der Waals surface area contributed by atoms with Crippen LogP contribution in [0.5, 0.6) is 0 Å². The van der Waals surface area contributed by atoms with Crippen LogP contribution in [-0.2, 0) is 6.54 Å². The molecule has 3 rings (SSSR count). The highest BCUT2D eigenvalue weighted by Gasteiger charge is 2.13. The lowest BCUT2D eigenvalue weighted by atomic mass is 10.2. The maximum Gasteiger partial charge on any atom is 0.262 e. The molecule has 0 aliphatic carbocycles. The molecule has 0 fully saturated rings. The first-order valence-corrected chi connectivity index (χ1v) is 8.90. The Morgan fingerprint density at radius 1 is 1.08 bits per heavy atom. The normalized spacial score (nSPS) is 10.9. The van der Waals surface area contributed by atoms with Crippen LogP contribution < -0.4 is 5.56 Å². The van der Waals surface area contributed by atoms with Gasteiger partial charge >= 0.3 is 0 Å². The first-order valence-electron chi connectivity index (χ1n) is 7.91. The van der Waals surface area contributed by atoms with Crippen LogP contribution in [0.1, 0.15) is 23.7 Å². The molecule has 122 valence electrons. The van der Waals surface area contributed by atoms with E-state index in [1.54, 1.807) is 22.8 Å². The van der Waals surface area contributed by atoms with E-state index in [0.717, 1.165) is 6.42 Å². The van der Waals surface area contributed by atoms with Gasteiger partial charge in [-0.2, -0.15) is 0 Å². The van der Waals surface area contributed by atoms with Gasteiger partial charge in [-0.1, -0.05) is 61.2 Å². The Morgan fingerprint density at radius 3 is 2.54 bits per heavy atom. The van der Waals surface area contributed by atoms with Crippen molar-refractivity contribution in [1.29, 1.82) is 0 Å². The number of para-hydroxylation sites is 1. The minimum atomic E-state index is -0.0443. The molecular weight excluding hydrogens is 320 g/mol. The standard InChI is InChI=1S/C19H18N2O2S/c1-2-12-21-18(23)15-10-6-7-11-16(15)20-19(21)24-13-17(22)14-8-4-3-5-9-14/h3-11H,2,12-13H2,1H3. The second-order valence-corrected chi connectivity index (χ2v) is 6.39. The average Bonchev–Trinajstić information content (AvgIpc) is 2.63. The summed E-state index contributed by atoms with van der Waals surface area (Å²) in [5.74, 6) is 0.296. The molecular formula is C19H18N2O2S. The molecule has 5 heteroatoms. The topological polar surface area (TPSA) is 52.0 Å². The maximum atomic E-state index is 12.7. The number of benzene rings is 2. The number of hydrogen-bond donors (Lipinski definition) is 0. The number of carbonyl (C=O) groups is 1. The first-order chi connectivity index (χ1) is 11.7. The molecule has 0 aliphatic rings. The third kappa shape index (κ3) is 3.41. The van der Waals surface area contributed by atoms with Crippen molar-refractivity contribution in [2.45, 2.75) is 25.0 Å². The Balaban J connectivity index is 1.92. The van der Waals surface area contributed by atoms with E-state index < -0.39 is 0 Å². The van der Waals surface area contributed by atoms with Gasteiger partial charge in [-0.25, -0.2) is 4.98 Å². The van der Waals surface area contributed by atoms with Crippen LogP contribution in [0.25, 0.3) is 10.9 Å². The molecule has 3 aromatic rings. The van der Waals surface area contributed by atoms with Gasteiger partial charge in [0, 0.05) is 12.1 Å². The van der Waals surface area contributed by atoms with Crippen molar-refractivity contribution in [2.75, 3.05) is 5.75 Å². The van der Waals surface area contributed by atoms with Crippen LogP contribution in [0.15, 0.2) is 64.5 Å². The smallest absolute Gasteiger partial charge is 0.262 e. The third-order valence-corrected chi connectivity index (χ3v) is 4.68. The number of rotatable bonds is 6. The summed E-state index contributed by atoms with van der Waals surface area (Å²) in [6.45, 7) is 2.61. The first kappa shape index (κ1) is 16.5. The third-order valence-electron chi connectivity index (χ3n) is 3.70. The van der Waals surface area contributed by atoms with Crippen molar-refractivity contribution in [3.05, 3.63) is 70.5 Å². The van der Waals surface area contributed by atoms with Crippen molar-refractivity contribution in [3.8, 4) is 0 Å². The van der Waals surface area contributed by atoms with Crippen molar-refractivity contribution in [2.24, 2.45) is 0 Å². The number of hydrogen-bond acceptors (Lipinski definition) is 4. The number of thioether (sulfide) groups is 1. The van der Waals surface area contributed by atoms with Crippen LogP contribution >= 0.6 is 11.8 Å². The summed E-state index contributed by atoms with van der Waals surface area (Å²) < 4.78 is 1.67. The van der Waals surface area contributed by atoms with Crippen LogP contribution in [0.4, 0.5) is 0 Å². The van der Waals surface area contributed by atoms with E-state index in [2.05, 4.69) is 4.98 Å². The SMILES string of the molecule is CCCn1c(SCC(=O)c2ccccc2)nc2ccccc2c1=O. The quantitative estimate of drug-likeness (QED) is 0.390. The van der Waals surface area contributed by atoms with E-state index in [1.165, 1.54) is 11.8 Å². The lowest BCUT2D eigenvalue weighted by molar-refractivity contribution is 0.102. The molecule has 2 aromatic carbocycles. The lowest BCUT2D eigenvalue weighted by Crippen LogP contribution is -2.23. The summed E-state index contributed by atoms with van der Waals surface area (Å²) in [6, 6.07) is 16.5. The zero-order valence-electron chi connectivity index (χ0n) is 13.4. The Hall–Kier alpha value is -2.40. The largest absolute Gasteiger partial charge is 0.293 e. The number of Topliss-reactive ketones (excluding diaryl/α,β-unsaturated/α-hetero) is 1. The summed E-state index contributed by atoms with van der Waals surface area (Å²) in [6.07, 6.45) is 0.833. The van der Waals surface area contributed by atoms with Crippen LogP contribution in [0.3, 0.4) is 0 Å². The predicted octanol–water partition coefficient (Wildman–Crippen LogP) is 3.78. The minimum absolute atomic E-state index is 0.0334. The molecule has 0 unspecified atom stereocenters. The van der Waals surface area contributed by atoms with Crippen LogP contribution in [-0.4, -0.2) is 21.1 Å². The molecule has 0 radical (unpaired) electrons. The summed E-state index contributed by atoms with van der Waals surface area (Å²) in [4.78, 5) is 29.6. The van der Waals surface area contributed by atoms with Gasteiger partial charge < -0.3 is 0 Å². The molecule has 0 aliphatic heterocycles. The van der Waals surface area contributed by atoms with E-state index in [4.69, 9.17) is 0 Å². The minimum Gasteiger partial charge on any atom is -0.293 e. The summed E-state index contributed by atoms with van der Waals surface area (Å²) in [7, 11) is 0. The molecule has 0 spiro atoms. The maximum absolute atomic E-state index is 12.7. The number of carbonyl (C=O) groups excluding carboxylic acids is 1. The van der Waals surface area contributed by atoms with Gasteiger partial charge in [-0.05, 0) is 18.6 Å². The van der Waals surface area contributed by atoms with Crippen molar-refractivity contribution < 1.29 is 4.79 Å².